The van der Waals surface area contributed by atoms with Crippen molar-refractivity contribution in [3.63, 3.8) is 0 Å². The molecule has 0 aliphatic heterocycles. The summed E-state index contributed by atoms with van der Waals surface area (Å²) in [5, 5.41) is 0. The molecule has 3 nitrogen and oxygen atoms in total. The van der Waals surface area contributed by atoms with Gasteiger partial charge in [0.1, 0.15) is 5.69 Å². The molecule has 3 heteroatoms. The lowest BCUT2D eigenvalue weighted by Crippen LogP contribution is -1.99. The van der Waals surface area contributed by atoms with Gasteiger partial charge in [0.15, 0.2) is 11.6 Å². The van der Waals surface area contributed by atoms with Gasteiger partial charge in [-0.05, 0) is 19.1 Å². The number of ketones is 2. The van der Waals surface area contributed by atoms with Crippen LogP contribution in [-0.2, 0) is 0 Å². The first-order valence-corrected chi connectivity index (χ1v) is 3.59. The van der Waals surface area contributed by atoms with Crippen LogP contribution in [0.1, 0.15) is 34.7 Å². The van der Waals surface area contributed by atoms with Crippen molar-refractivity contribution in [1.29, 1.82) is 0 Å². The first-order valence-electron chi connectivity index (χ1n) is 3.59. The predicted molar refractivity (Wildman–Crippen MR) is 44.2 cm³/mol. The molecule has 62 valence electrons. The van der Waals surface area contributed by atoms with Gasteiger partial charge in [0.2, 0.25) is 0 Å². The quantitative estimate of drug-likeness (QED) is 0.620. The van der Waals surface area contributed by atoms with E-state index in [1.807, 2.05) is 0 Å². The first-order chi connectivity index (χ1) is 5.61. The fraction of sp³-hybridized carbons (Fsp3) is 0.222. The van der Waals surface area contributed by atoms with E-state index in [1.54, 1.807) is 12.1 Å². The van der Waals surface area contributed by atoms with Crippen molar-refractivity contribution in [1.82, 2.24) is 4.98 Å². The molecule has 12 heavy (non-hydrogen) atoms. The molecule has 0 aliphatic carbocycles. The summed E-state index contributed by atoms with van der Waals surface area (Å²) in [6, 6.07) is 3.16. The Hall–Kier alpha value is -1.51. The highest BCUT2D eigenvalue weighted by Crippen LogP contribution is 2.01. The minimum atomic E-state index is -0.0925. The molecular formula is C9H9NO2. The highest BCUT2D eigenvalue weighted by Gasteiger charge is 2.02. The second-order valence-electron chi connectivity index (χ2n) is 2.54. The van der Waals surface area contributed by atoms with Crippen LogP contribution in [0.25, 0.3) is 0 Å². The molecule has 1 aromatic rings. The Kier molecular flexibility index (Phi) is 2.33. The largest absolute Gasteiger partial charge is 0.294 e. The lowest BCUT2D eigenvalue weighted by atomic mass is 10.2. The van der Waals surface area contributed by atoms with Gasteiger partial charge in [-0.2, -0.15) is 0 Å². The van der Waals surface area contributed by atoms with Gasteiger partial charge >= 0.3 is 0 Å². The second-order valence-corrected chi connectivity index (χ2v) is 2.54. The fourth-order valence-electron chi connectivity index (χ4n) is 0.810. The molecule has 0 aromatic carbocycles. The van der Waals surface area contributed by atoms with E-state index in [0.29, 0.717) is 11.3 Å². The minimum Gasteiger partial charge on any atom is -0.294 e. The molecule has 1 aromatic heterocycles. The van der Waals surface area contributed by atoms with Crippen molar-refractivity contribution in [2.75, 3.05) is 0 Å². The van der Waals surface area contributed by atoms with Crippen LogP contribution in [0.15, 0.2) is 18.3 Å². The Labute approximate surface area is 70.4 Å². The Morgan fingerprint density at radius 1 is 1.17 bits per heavy atom. The van der Waals surface area contributed by atoms with Gasteiger partial charge in [-0.3, -0.25) is 14.6 Å². The fourth-order valence-corrected chi connectivity index (χ4v) is 0.810. The molecule has 0 bridgehead atoms. The molecule has 0 atom stereocenters. The van der Waals surface area contributed by atoms with Crippen molar-refractivity contribution >= 4 is 11.6 Å². The van der Waals surface area contributed by atoms with Crippen molar-refractivity contribution in [3.05, 3.63) is 29.6 Å². The van der Waals surface area contributed by atoms with Crippen LogP contribution in [0.4, 0.5) is 0 Å². The van der Waals surface area contributed by atoms with Crippen molar-refractivity contribution in [2.24, 2.45) is 0 Å². The van der Waals surface area contributed by atoms with Crippen molar-refractivity contribution in [2.45, 2.75) is 13.8 Å². The van der Waals surface area contributed by atoms with Crippen LogP contribution in [-0.4, -0.2) is 16.6 Å². The number of carbonyl (C=O) groups is 2. The zero-order chi connectivity index (χ0) is 9.14. The molecule has 0 amide bonds. The summed E-state index contributed by atoms with van der Waals surface area (Å²) in [6.45, 7) is 2.90. The summed E-state index contributed by atoms with van der Waals surface area (Å²) in [7, 11) is 0. The Morgan fingerprint density at radius 2 is 1.83 bits per heavy atom. The van der Waals surface area contributed by atoms with Gasteiger partial charge in [0.25, 0.3) is 0 Å². The molecule has 0 fully saturated rings. The van der Waals surface area contributed by atoms with Gasteiger partial charge in [0, 0.05) is 18.7 Å². The van der Waals surface area contributed by atoms with E-state index in [0.717, 1.165) is 0 Å². The third kappa shape index (κ3) is 1.75. The van der Waals surface area contributed by atoms with E-state index < -0.39 is 0 Å². The lowest BCUT2D eigenvalue weighted by molar-refractivity contribution is 0.0997. The molecule has 0 aliphatic rings. The second kappa shape index (κ2) is 3.26. The lowest BCUT2D eigenvalue weighted by Gasteiger charge is -1.95. The van der Waals surface area contributed by atoms with E-state index in [9.17, 15) is 9.59 Å². The van der Waals surface area contributed by atoms with Crippen LogP contribution in [0.3, 0.4) is 0 Å². The Morgan fingerprint density at radius 3 is 2.17 bits per heavy atom. The van der Waals surface area contributed by atoms with Crippen LogP contribution in [0.2, 0.25) is 0 Å². The van der Waals surface area contributed by atoms with Crippen LogP contribution < -0.4 is 0 Å². The maximum absolute atomic E-state index is 10.8. The number of hydrogen-bond acceptors (Lipinski definition) is 3. The number of hydrogen-bond donors (Lipinski definition) is 0. The summed E-state index contributed by atoms with van der Waals surface area (Å²) in [6.07, 6.45) is 1.42. The Balaban J connectivity index is 3.01. The van der Waals surface area contributed by atoms with Gasteiger partial charge in [0.05, 0.1) is 0 Å². The topological polar surface area (TPSA) is 47.0 Å². The molecule has 0 N–H and O–H groups in total. The van der Waals surface area contributed by atoms with Gasteiger partial charge in [-0.15, -0.1) is 0 Å². The van der Waals surface area contributed by atoms with E-state index in [1.165, 1.54) is 20.0 Å². The molecule has 1 heterocycles. The molecule has 0 unspecified atom stereocenters. The first kappa shape index (κ1) is 8.59. The van der Waals surface area contributed by atoms with Crippen LogP contribution in [0.5, 0.6) is 0 Å². The smallest absolute Gasteiger partial charge is 0.178 e. The van der Waals surface area contributed by atoms with Gasteiger partial charge in [-0.1, -0.05) is 0 Å². The molecule has 0 spiro atoms. The highest BCUT2D eigenvalue weighted by molar-refractivity contribution is 5.95. The average molecular weight is 163 g/mol. The van der Waals surface area contributed by atoms with Crippen LogP contribution >= 0.6 is 0 Å². The monoisotopic (exact) mass is 163 g/mol. The summed E-state index contributed by atoms with van der Waals surface area (Å²) in [5.41, 5.74) is 0.917. The zero-order valence-corrected chi connectivity index (χ0v) is 7.00. The standard InChI is InChI=1S/C9H9NO2/c1-6(11)8-3-4-9(7(2)12)10-5-8/h3-5H,1-2H3. The predicted octanol–water partition coefficient (Wildman–Crippen LogP) is 1.49. The van der Waals surface area contributed by atoms with Crippen molar-refractivity contribution in [3.8, 4) is 0 Å². The molecule has 1 rings (SSSR count). The molecule has 0 saturated heterocycles. The summed E-state index contributed by atoms with van der Waals surface area (Å²) in [5.74, 6) is -0.136. The molecule has 0 radical (unpaired) electrons. The average Bonchev–Trinajstić information content (AvgIpc) is 2.04. The zero-order valence-electron chi connectivity index (χ0n) is 7.00. The number of nitrogens with zero attached hydrogens (tertiary/aromatic N) is 1. The van der Waals surface area contributed by atoms with E-state index in [-0.39, 0.29) is 11.6 Å². The van der Waals surface area contributed by atoms with Crippen molar-refractivity contribution < 1.29 is 9.59 Å². The molecule has 0 saturated carbocycles. The summed E-state index contributed by atoms with van der Waals surface area (Å²) >= 11 is 0. The number of pyridine rings is 1. The third-order valence-corrected chi connectivity index (χ3v) is 1.53. The van der Waals surface area contributed by atoms with Gasteiger partial charge in [-0.25, -0.2) is 0 Å². The number of carbonyl (C=O) groups excluding carboxylic acids is 2. The minimum absolute atomic E-state index is 0.0439. The van der Waals surface area contributed by atoms with E-state index in [4.69, 9.17) is 0 Å². The highest BCUT2D eigenvalue weighted by atomic mass is 16.1. The molecular weight excluding hydrogens is 154 g/mol. The van der Waals surface area contributed by atoms with Gasteiger partial charge < -0.3 is 0 Å². The number of aromatic nitrogens is 1. The van der Waals surface area contributed by atoms with E-state index in [2.05, 4.69) is 4.98 Å². The normalized spacial score (nSPS) is 9.50. The van der Waals surface area contributed by atoms with Crippen LogP contribution in [0, 0.1) is 0 Å². The SMILES string of the molecule is CC(=O)c1ccc(C(C)=O)nc1. The summed E-state index contributed by atoms with van der Waals surface area (Å²) in [4.78, 5) is 25.4. The Bertz CT molecular complexity index is 281. The summed E-state index contributed by atoms with van der Waals surface area (Å²) < 4.78 is 0. The maximum Gasteiger partial charge on any atom is 0.178 e. The third-order valence-electron chi connectivity index (χ3n) is 1.53. The number of rotatable bonds is 2. The maximum atomic E-state index is 10.8. The van der Waals surface area contributed by atoms with E-state index >= 15 is 0 Å². The number of Topliss-reactive ketones (excluding diaryl/α,β-unsaturated/α-hetero) is 2.